The topological polar surface area (TPSA) is 70.4 Å². The maximum absolute atomic E-state index is 12.5. The number of allylic oxidation sites excluding steroid dienone is 1. The van der Waals surface area contributed by atoms with E-state index in [1.165, 1.54) is 0 Å². The van der Waals surface area contributed by atoms with E-state index in [9.17, 15) is 14.9 Å². The zero-order valence-corrected chi connectivity index (χ0v) is 13.4. The van der Waals surface area contributed by atoms with Gasteiger partial charge in [0.25, 0.3) is 0 Å². The molecule has 3 rings (SSSR count). The van der Waals surface area contributed by atoms with Crippen molar-refractivity contribution in [3.05, 3.63) is 11.6 Å². The number of fused-ring (bicyclic) bond motifs is 1. The number of piperidine rings is 1. The molecule has 1 aliphatic carbocycles. The third kappa shape index (κ3) is 2.09. The number of hydrogen-bond donors (Lipinski definition) is 0. The van der Waals surface area contributed by atoms with E-state index in [4.69, 9.17) is 4.74 Å². The molecule has 2 saturated heterocycles. The van der Waals surface area contributed by atoms with Crippen LogP contribution in [-0.4, -0.2) is 42.9 Å². The van der Waals surface area contributed by atoms with Crippen molar-refractivity contribution in [2.75, 3.05) is 26.3 Å². The van der Waals surface area contributed by atoms with Gasteiger partial charge in [0.05, 0.1) is 24.7 Å². The fourth-order valence-corrected chi connectivity index (χ4v) is 4.35. The molecule has 0 aromatic heterocycles. The molecule has 0 radical (unpaired) electrons. The van der Waals surface area contributed by atoms with Crippen LogP contribution in [0.25, 0.3) is 0 Å². The highest BCUT2D eigenvalue weighted by Gasteiger charge is 2.54. The molecule has 5 heteroatoms. The zero-order valence-electron chi connectivity index (χ0n) is 13.4. The first-order valence-electron chi connectivity index (χ1n) is 7.84. The average molecular weight is 302 g/mol. The Morgan fingerprint density at radius 1 is 1.41 bits per heavy atom. The Kier molecular flexibility index (Phi) is 3.41. The summed E-state index contributed by atoms with van der Waals surface area (Å²) >= 11 is 0. The van der Waals surface area contributed by atoms with Crippen molar-refractivity contribution in [1.82, 2.24) is 4.90 Å². The van der Waals surface area contributed by atoms with Crippen molar-refractivity contribution in [3.8, 4) is 6.07 Å². The van der Waals surface area contributed by atoms with Crippen LogP contribution < -0.4 is 0 Å². The number of nitriles is 1. The van der Waals surface area contributed by atoms with Gasteiger partial charge in [-0.1, -0.05) is 26.8 Å². The molecule has 2 fully saturated rings. The molecule has 2 atom stereocenters. The molecule has 22 heavy (non-hydrogen) atoms. The number of likely N-dealkylation sites (tertiary alicyclic amines) is 1. The van der Waals surface area contributed by atoms with Gasteiger partial charge in [-0.25, -0.2) is 0 Å². The summed E-state index contributed by atoms with van der Waals surface area (Å²) in [5.74, 6) is 0.223. The summed E-state index contributed by atoms with van der Waals surface area (Å²) in [6.07, 6.45) is 2.60. The Labute approximate surface area is 130 Å². The maximum Gasteiger partial charge on any atom is 0.230 e. The number of carbonyl (C=O) groups excluding carboxylic acids is 2. The maximum atomic E-state index is 12.5. The summed E-state index contributed by atoms with van der Waals surface area (Å²) in [7, 11) is 0. The fourth-order valence-electron chi connectivity index (χ4n) is 4.35. The lowest BCUT2D eigenvalue weighted by atomic mass is 9.55. The normalized spacial score (nSPS) is 34.3. The van der Waals surface area contributed by atoms with Gasteiger partial charge in [-0.2, -0.15) is 5.26 Å². The summed E-state index contributed by atoms with van der Waals surface area (Å²) in [5.41, 5.74) is -0.630. The molecular weight excluding hydrogens is 280 g/mol. The summed E-state index contributed by atoms with van der Waals surface area (Å²) in [4.78, 5) is 26.8. The Morgan fingerprint density at radius 2 is 2.09 bits per heavy atom. The third-order valence-corrected chi connectivity index (χ3v) is 5.61. The second-order valence-corrected chi connectivity index (χ2v) is 7.56. The Balaban J connectivity index is 1.90. The van der Waals surface area contributed by atoms with Gasteiger partial charge in [0, 0.05) is 23.9 Å². The monoisotopic (exact) mass is 302 g/mol. The van der Waals surface area contributed by atoms with Crippen molar-refractivity contribution in [1.29, 1.82) is 5.26 Å². The van der Waals surface area contributed by atoms with Gasteiger partial charge in [-0.15, -0.1) is 0 Å². The number of hydrogen-bond acceptors (Lipinski definition) is 4. The molecular formula is C17H22N2O3. The molecule has 2 heterocycles. The molecule has 1 amide bonds. The van der Waals surface area contributed by atoms with Crippen molar-refractivity contribution in [2.45, 2.75) is 27.2 Å². The second kappa shape index (κ2) is 4.92. The van der Waals surface area contributed by atoms with Crippen molar-refractivity contribution < 1.29 is 14.3 Å². The van der Waals surface area contributed by atoms with Gasteiger partial charge in [-0.3, -0.25) is 9.59 Å². The number of amides is 1. The largest absolute Gasteiger partial charge is 0.380 e. The van der Waals surface area contributed by atoms with Crippen LogP contribution in [0.2, 0.25) is 0 Å². The summed E-state index contributed by atoms with van der Waals surface area (Å²) < 4.78 is 5.11. The Morgan fingerprint density at radius 3 is 2.64 bits per heavy atom. The van der Waals surface area contributed by atoms with Crippen molar-refractivity contribution in [3.63, 3.8) is 0 Å². The number of Topliss-reactive ketones (excluding diaryl/α,β-unsaturated/α-hetero) is 1. The molecule has 0 aromatic carbocycles. The van der Waals surface area contributed by atoms with Gasteiger partial charge in [0.15, 0.2) is 5.78 Å². The minimum atomic E-state index is -0.552. The zero-order chi connectivity index (χ0) is 16.1. The van der Waals surface area contributed by atoms with E-state index in [-0.39, 0.29) is 34.5 Å². The third-order valence-electron chi connectivity index (χ3n) is 5.61. The summed E-state index contributed by atoms with van der Waals surface area (Å²) in [5, 5.41) is 9.27. The van der Waals surface area contributed by atoms with Crippen LogP contribution in [0, 0.1) is 34.0 Å². The van der Waals surface area contributed by atoms with Crippen LogP contribution in [0.5, 0.6) is 0 Å². The minimum Gasteiger partial charge on any atom is -0.380 e. The van der Waals surface area contributed by atoms with Crippen LogP contribution in [-0.2, 0) is 14.3 Å². The molecule has 3 aliphatic rings. The first kappa shape index (κ1) is 15.2. The van der Waals surface area contributed by atoms with E-state index in [1.54, 1.807) is 0 Å². The standard InChI is InChI=1S/C17H22N2O3/c1-16(2)13-4-5-19(15(21)12-8-22-9-12)10-17(13,3)6-11(7-18)14(16)20/h6,12-13H,4-5,8-10H2,1-3H3/t13-,17+/m0/s1. The smallest absolute Gasteiger partial charge is 0.230 e. The highest BCUT2D eigenvalue weighted by molar-refractivity contribution is 6.04. The molecule has 0 spiro atoms. The first-order chi connectivity index (χ1) is 10.3. The number of rotatable bonds is 1. The quantitative estimate of drug-likeness (QED) is 0.737. The van der Waals surface area contributed by atoms with E-state index in [1.807, 2.05) is 30.9 Å². The highest BCUT2D eigenvalue weighted by Crippen LogP contribution is 2.52. The van der Waals surface area contributed by atoms with Crippen LogP contribution in [0.15, 0.2) is 11.6 Å². The summed E-state index contributed by atoms with van der Waals surface area (Å²) in [6.45, 7) is 8.22. The molecule has 118 valence electrons. The van der Waals surface area contributed by atoms with Crippen LogP contribution in [0.1, 0.15) is 27.2 Å². The van der Waals surface area contributed by atoms with Gasteiger partial charge in [0.2, 0.25) is 5.91 Å². The molecule has 0 unspecified atom stereocenters. The van der Waals surface area contributed by atoms with Gasteiger partial charge < -0.3 is 9.64 Å². The second-order valence-electron chi connectivity index (χ2n) is 7.56. The van der Waals surface area contributed by atoms with E-state index >= 15 is 0 Å². The number of carbonyl (C=O) groups is 2. The molecule has 2 aliphatic heterocycles. The predicted molar refractivity (Wildman–Crippen MR) is 79.6 cm³/mol. The van der Waals surface area contributed by atoms with Crippen LogP contribution in [0.3, 0.4) is 0 Å². The average Bonchev–Trinajstić information content (AvgIpc) is 2.40. The summed E-state index contributed by atoms with van der Waals surface area (Å²) in [6, 6.07) is 2.04. The van der Waals surface area contributed by atoms with Gasteiger partial charge in [-0.05, 0) is 12.3 Å². The molecule has 0 N–H and O–H groups in total. The van der Waals surface area contributed by atoms with Crippen molar-refractivity contribution >= 4 is 11.7 Å². The highest BCUT2D eigenvalue weighted by atomic mass is 16.5. The van der Waals surface area contributed by atoms with E-state index in [0.717, 1.165) is 6.42 Å². The Hall–Kier alpha value is -1.67. The van der Waals surface area contributed by atoms with Crippen LogP contribution in [0.4, 0.5) is 0 Å². The number of ketones is 1. The van der Waals surface area contributed by atoms with E-state index in [2.05, 4.69) is 6.92 Å². The molecule has 0 saturated carbocycles. The predicted octanol–water partition coefficient (Wildman–Crippen LogP) is 1.55. The van der Waals surface area contributed by atoms with E-state index < -0.39 is 5.41 Å². The lowest BCUT2D eigenvalue weighted by molar-refractivity contribution is -0.156. The SMILES string of the molecule is CC1(C)C(=O)C(C#N)=C[C@]2(C)CN(C(=O)C3COC3)CC[C@@H]12. The van der Waals surface area contributed by atoms with Crippen molar-refractivity contribution in [2.24, 2.45) is 22.7 Å². The number of ether oxygens (including phenoxy) is 1. The lowest BCUT2D eigenvalue weighted by Crippen LogP contribution is -2.58. The number of nitrogens with zero attached hydrogens (tertiary/aromatic N) is 2. The van der Waals surface area contributed by atoms with Crippen LogP contribution >= 0.6 is 0 Å². The fraction of sp³-hybridized carbons (Fsp3) is 0.706. The lowest BCUT2D eigenvalue weighted by Gasteiger charge is -2.53. The van der Waals surface area contributed by atoms with E-state index in [0.29, 0.717) is 26.3 Å². The minimum absolute atomic E-state index is 0.0159. The molecule has 5 nitrogen and oxygen atoms in total. The molecule has 0 aromatic rings. The Bertz CT molecular complexity index is 598. The van der Waals surface area contributed by atoms with Gasteiger partial charge in [0.1, 0.15) is 6.07 Å². The van der Waals surface area contributed by atoms with Gasteiger partial charge >= 0.3 is 0 Å². The first-order valence-corrected chi connectivity index (χ1v) is 7.84. The molecule has 0 bridgehead atoms.